The standard InChI is InChI=1S/C23H26N6O3S2/c1-3-17-8-6-7-16(2)21(17)24-22-25-26-23(34-22)33-15-20(30)28-13-11-27(12-14-28)18-9-4-5-10-19(18)29(31)32/h4-10H,3,11-15H2,1-2H3,(H,24,25). The van der Waals surface area contributed by atoms with Crippen molar-refractivity contribution in [2.45, 2.75) is 24.6 Å². The Labute approximate surface area is 206 Å². The maximum atomic E-state index is 12.7. The second kappa shape index (κ2) is 10.8. The quantitative estimate of drug-likeness (QED) is 0.275. The van der Waals surface area contributed by atoms with E-state index in [1.54, 1.807) is 23.1 Å². The molecule has 1 aliphatic heterocycles. The zero-order valence-electron chi connectivity index (χ0n) is 19.1. The van der Waals surface area contributed by atoms with Crippen LogP contribution in [-0.4, -0.2) is 57.9 Å². The van der Waals surface area contributed by atoms with E-state index < -0.39 is 0 Å². The van der Waals surface area contributed by atoms with Gasteiger partial charge in [0.2, 0.25) is 11.0 Å². The number of hydrogen-bond acceptors (Lipinski definition) is 9. The minimum absolute atomic E-state index is 0.0316. The number of benzene rings is 2. The Bertz CT molecular complexity index is 1180. The number of carbonyl (C=O) groups is 1. The number of piperazine rings is 1. The number of rotatable bonds is 8. The Morgan fingerprint density at radius 3 is 2.65 bits per heavy atom. The third-order valence-electron chi connectivity index (χ3n) is 5.75. The number of amides is 1. The Hall–Kier alpha value is -3.18. The van der Waals surface area contributed by atoms with Gasteiger partial charge in [-0.2, -0.15) is 0 Å². The summed E-state index contributed by atoms with van der Waals surface area (Å²) in [5.74, 6) is 0.314. The predicted molar refractivity (Wildman–Crippen MR) is 136 cm³/mol. The van der Waals surface area contributed by atoms with Crippen molar-refractivity contribution in [3.8, 4) is 0 Å². The van der Waals surface area contributed by atoms with Crippen LogP contribution in [-0.2, 0) is 11.2 Å². The lowest BCUT2D eigenvalue weighted by atomic mass is 10.1. The maximum Gasteiger partial charge on any atom is 0.292 e. The highest BCUT2D eigenvalue weighted by atomic mass is 32.2. The van der Waals surface area contributed by atoms with Crippen LogP contribution >= 0.6 is 23.1 Å². The molecule has 0 unspecified atom stereocenters. The van der Waals surface area contributed by atoms with Gasteiger partial charge in [-0.05, 0) is 30.5 Å². The lowest BCUT2D eigenvalue weighted by Crippen LogP contribution is -2.49. The summed E-state index contributed by atoms with van der Waals surface area (Å²) in [4.78, 5) is 27.4. The predicted octanol–water partition coefficient (Wildman–Crippen LogP) is 4.50. The van der Waals surface area contributed by atoms with E-state index in [1.807, 2.05) is 11.0 Å². The van der Waals surface area contributed by atoms with Gasteiger partial charge in [-0.1, -0.05) is 60.4 Å². The van der Waals surface area contributed by atoms with Gasteiger partial charge in [-0.25, -0.2) is 0 Å². The third kappa shape index (κ3) is 5.48. The molecule has 9 nitrogen and oxygen atoms in total. The maximum absolute atomic E-state index is 12.7. The molecule has 0 aliphatic carbocycles. The highest BCUT2D eigenvalue weighted by Gasteiger charge is 2.25. The van der Waals surface area contributed by atoms with Crippen LogP contribution in [0.2, 0.25) is 0 Å². The molecule has 1 N–H and O–H groups in total. The van der Waals surface area contributed by atoms with Crippen LogP contribution in [0.25, 0.3) is 0 Å². The Morgan fingerprint density at radius 1 is 1.15 bits per heavy atom. The van der Waals surface area contributed by atoms with E-state index in [9.17, 15) is 14.9 Å². The molecule has 1 aromatic heterocycles. The molecule has 1 aliphatic rings. The van der Waals surface area contributed by atoms with Crippen LogP contribution < -0.4 is 10.2 Å². The lowest BCUT2D eigenvalue weighted by Gasteiger charge is -2.35. The second-order valence-corrected chi connectivity index (χ2v) is 10.1. The van der Waals surface area contributed by atoms with Crippen molar-refractivity contribution in [3.63, 3.8) is 0 Å². The van der Waals surface area contributed by atoms with E-state index >= 15 is 0 Å². The fourth-order valence-electron chi connectivity index (χ4n) is 3.93. The minimum atomic E-state index is -0.364. The zero-order valence-corrected chi connectivity index (χ0v) is 20.7. The van der Waals surface area contributed by atoms with Crippen molar-refractivity contribution in [2.75, 3.05) is 42.1 Å². The number of thioether (sulfide) groups is 1. The van der Waals surface area contributed by atoms with E-state index in [4.69, 9.17) is 0 Å². The van der Waals surface area contributed by atoms with Crippen molar-refractivity contribution in [2.24, 2.45) is 0 Å². The van der Waals surface area contributed by atoms with Gasteiger partial charge in [0, 0.05) is 37.9 Å². The molecular formula is C23H26N6O3S2. The van der Waals surface area contributed by atoms with Crippen LogP contribution in [0.3, 0.4) is 0 Å². The molecule has 3 aromatic rings. The Morgan fingerprint density at radius 2 is 1.91 bits per heavy atom. The van der Waals surface area contributed by atoms with Crippen LogP contribution in [0.4, 0.5) is 22.2 Å². The number of aryl methyl sites for hydroxylation is 2. The van der Waals surface area contributed by atoms with Gasteiger partial charge in [0.1, 0.15) is 5.69 Å². The number of para-hydroxylation sites is 3. The number of aromatic nitrogens is 2. The van der Waals surface area contributed by atoms with Crippen molar-refractivity contribution in [1.82, 2.24) is 15.1 Å². The molecule has 1 fully saturated rings. The molecule has 2 aromatic carbocycles. The van der Waals surface area contributed by atoms with Crippen molar-refractivity contribution in [3.05, 3.63) is 63.7 Å². The fraction of sp³-hybridized carbons (Fsp3) is 0.348. The van der Waals surface area contributed by atoms with Crippen LogP contribution in [0.15, 0.2) is 46.8 Å². The zero-order chi connectivity index (χ0) is 24.1. The van der Waals surface area contributed by atoms with E-state index in [0.717, 1.165) is 22.0 Å². The van der Waals surface area contributed by atoms with Crippen LogP contribution in [0.1, 0.15) is 18.1 Å². The third-order valence-corrected chi connectivity index (χ3v) is 7.71. The van der Waals surface area contributed by atoms with E-state index in [-0.39, 0.29) is 22.3 Å². The van der Waals surface area contributed by atoms with Crippen LogP contribution in [0, 0.1) is 17.0 Å². The molecule has 0 spiro atoms. The first-order chi connectivity index (χ1) is 16.5. The molecular weight excluding hydrogens is 472 g/mol. The summed E-state index contributed by atoms with van der Waals surface area (Å²) < 4.78 is 0.737. The van der Waals surface area contributed by atoms with E-state index in [2.05, 4.69) is 41.5 Å². The number of hydrogen-bond donors (Lipinski definition) is 1. The van der Waals surface area contributed by atoms with Gasteiger partial charge < -0.3 is 15.1 Å². The summed E-state index contributed by atoms with van der Waals surface area (Å²) in [5, 5.41) is 23.8. The lowest BCUT2D eigenvalue weighted by molar-refractivity contribution is -0.384. The number of nitrogens with zero attached hydrogens (tertiary/aromatic N) is 5. The molecule has 11 heteroatoms. The summed E-state index contributed by atoms with van der Waals surface area (Å²) in [6.45, 7) is 6.36. The van der Waals surface area contributed by atoms with Crippen molar-refractivity contribution in [1.29, 1.82) is 0 Å². The molecule has 178 valence electrons. The van der Waals surface area contributed by atoms with Gasteiger partial charge in [0.25, 0.3) is 5.69 Å². The van der Waals surface area contributed by atoms with E-state index in [1.165, 1.54) is 34.7 Å². The summed E-state index contributed by atoms with van der Waals surface area (Å²) in [6, 6.07) is 12.9. The first kappa shape index (κ1) is 24.0. The molecule has 0 saturated carbocycles. The van der Waals surface area contributed by atoms with Crippen molar-refractivity contribution < 1.29 is 9.72 Å². The number of nitro groups is 1. The Balaban J connectivity index is 1.29. The number of carbonyl (C=O) groups excluding carboxylic acids is 1. The van der Waals surface area contributed by atoms with E-state index in [0.29, 0.717) is 37.0 Å². The molecule has 34 heavy (non-hydrogen) atoms. The largest absolute Gasteiger partial charge is 0.362 e. The SMILES string of the molecule is CCc1cccc(C)c1Nc1nnc(SCC(=O)N2CCN(c3ccccc3[N+](=O)[O-])CC2)s1. The summed E-state index contributed by atoms with van der Waals surface area (Å²) in [7, 11) is 0. The summed E-state index contributed by atoms with van der Waals surface area (Å²) >= 11 is 2.82. The van der Waals surface area contributed by atoms with Crippen LogP contribution in [0.5, 0.6) is 0 Å². The average Bonchev–Trinajstić information content (AvgIpc) is 3.31. The number of nitrogens with one attached hydrogen (secondary N) is 1. The molecule has 2 heterocycles. The highest BCUT2D eigenvalue weighted by Crippen LogP contribution is 2.31. The highest BCUT2D eigenvalue weighted by molar-refractivity contribution is 8.01. The summed E-state index contributed by atoms with van der Waals surface area (Å²) in [5.41, 5.74) is 4.13. The molecule has 0 radical (unpaired) electrons. The molecule has 0 bridgehead atoms. The normalized spacial score (nSPS) is 13.7. The minimum Gasteiger partial charge on any atom is -0.362 e. The van der Waals surface area contributed by atoms with Gasteiger partial charge in [0.05, 0.1) is 10.7 Å². The van der Waals surface area contributed by atoms with Gasteiger partial charge in [0.15, 0.2) is 4.34 Å². The number of nitro benzene ring substituents is 1. The fourth-order valence-corrected chi connectivity index (χ4v) is 5.58. The van der Waals surface area contributed by atoms with Gasteiger partial charge in [-0.3, -0.25) is 14.9 Å². The summed E-state index contributed by atoms with van der Waals surface area (Å²) in [6.07, 6.45) is 0.920. The smallest absolute Gasteiger partial charge is 0.292 e. The van der Waals surface area contributed by atoms with Crippen molar-refractivity contribution >= 4 is 51.2 Å². The first-order valence-electron chi connectivity index (χ1n) is 11.0. The average molecular weight is 499 g/mol. The number of anilines is 3. The monoisotopic (exact) mass is 498 g/mol. The molecule has 4 rings (SSSR count). The second-order valence-electron chi connectivity index (χ2n) is 7.86. The molecule has 1 saturated heterocycles. The van der Waals surface area contributed by atoms with Gasteiger partial charge >= 0.3 is 0 Å². The van der Waals surface area contributed by atoms with Gasteiger partial charge in [-0.15, -0.1) is 10.2 Å². The topological polar surface area (TPSA) is 104 Å². The first-order valence-corrected chi connectivity index (χ1v) is 12.8. The molecule has 1 amide bonds. The Kier molecular flexibility index (Phi) is 7.63. The molecule has 0 atom stereocenters.